The Morgan fingerprint density at radius 1 is 1.09 bits per heavy atom. The second-order valence-electron chi connectivity index (χ2n) is 3.76. The molecule has 11 heavy (non-hydrogen) atoms. The van der Waals surface area contributed by atoms with Gasteiger partial charge in [0.25, 0.3) is 0 Å². The van der Waals surface area contributed by atoms with Crippen LogP contribution in [-0.2, 0) is 0 Å². The number of hydrogen-bond donors (Lipinski definition) is 1. The fourth-order valence-corrected chi connectivity index (χ4v) is 2.26. The van der Waals surface area contributed by atoms with Gasteiger partial charge >= 0.3 is 0 Å². The minimum absolute atomic E-state index is 0.00116. The molecule has 1 heteroatoms. The molecule has 0 spiro atoms. The van der Waals surface area contributed by atoms with E-state index in [2.05, 4.69) is 13.8 Å². The number of rotatable bonds is 2. The molecular formula is C10H20O. The van der Waals surface area contributed by atoms with Crippen molar-refractivity contribution >= 4 is 0 Å². The van der Waals surface area contributed by atoms with Crippen molar-refractivity contribution in [1.82, 2.24) is 0 Å². The smallest absolute Gasteiger partial charge is 0.0596 e. The highest BCUT2D eigenvalue weighted by atomic mass is 16.3. The summed E-state index contributed by atoms with van der Waals surface area (Å²) in [6.07, 6.45) is 6.12. The van der Waals surface area contributed by atoms with Crippen molar-refractivity contribution in [2.24, 2.45) is 11.8 Å². The van der Waals surface area contributed by atoms with E-state index in [0.29, 0.717) is 11.8 Å². The van der Waals surface area contributed by atoms with Crippen LogP contribution in [0.5, 0.6) is 0 Å². The molecule has 1 unspecified atom stereocenters. The molecule has 1 N–H and O–H groups in total. The van der Waals surface area contributed by atoms with Crippen molar-refractivity contribution in [3.63, 3.8) is 0 Å². The fourth-order valence-electron chi connectivity index (χ4n) is 2.26. The van der Waals surface area contributed by atoms with Gasteiger partial charge in [-0.15, -0.1) is 0 Å². The summed E-state index contributed by atoms with van der Waals surface area (Å²) in [6.45, 7) is 4.37. The van der Waals surface area contributed by atoms with Crippen LogP contribution >= 0.6 is 0 Å². The van der Waals surface area contributed by atoms with E-state index < -0.39 is 0 Å². The molecule has 0 heterocycles. The molecule has 1 aliphatic carbocycles. The van der Waals surface area contributed by atoms with Crippen molar-refractivity contribution in [2.75, 3.05) is 0 Å². The van der Waals surface area contributed by atoms with Crippen LogP contribution in [0.1, 0.15) is 46.0 Å². The van der Waals surface area contributed by atoms with Gasteiger partial charge in [-0.1, -0.05) is 33.1 Å². The third-order valence-corrected chi connectivity index (χ3v) is 3.16. The van der Waals surface area contributed by atoms with Crippen LogP contribution in [0.15, 0.2) is 0 Å². The number of hydrogen-bond acceptors (Lipinski definition) is 1. The van der Waals surface area contributed by atoms with E-state index >= 15 is 0 Å². The van der Waals surface area contributed by atoms with Gasteiger partial charge in [0.2, 0.25) is 0 Å². The number of aliphatic hydroxyl groups excluding tert-OH is 1. The molecular weight excluding hydrogens is 136 g/mol. The summed E-state index contributed by atoms with van der Waals surface area (Å²) < 4.78 is 0. The van der Waals surface area contributed by atoms with E-state index in [9.17, 15) is 5.11 Å². The fraction of sp³-hybridized carbons (Fsp3) is 1.00. The highest BCUT2D eigenvalue weighted by molar-refractivity contribution is 4.80. The first kappa shape index (κ1) is 9.05. The van der Waals surface area contributed by atoms with Crippen LogP contribution in [0.4, 0.5) is 0 Å². The lowest BCUT2D eigenvalue weighted by molar-refractivity contribution is 0.0144. The van der Waals surface area contributed by atoms with E-state index in [1.165, 1.54) is 19.3 Å². The Bertz CT molecular complexity index is 99.4. The molecule has 0 aromatic heterocycles. The van der Waals surface area contributed by atoms with E-state index in [1.807, 2.05) is 0 Å². The molecule has 0 saturated heterocycles. The van der Waals surface area contributed by atoms with Crippen molar-refractivity contribution < 1.29 is 5.11 Å². The Kier molecular flexibility index (Phi) is 3.38. The SMILES string of the molecule is CC[C@@H]1CCC[C@H](CC)C1O. The molecule has 1 aliphatic rings. The first-order valence-corrected chi connectivity index (χ1v) is 4.97. The molecule has 0 aromatic rings. The molecule has 1 fully saturated rings. The molecule has 1 nitrogen and oxygen atoms in total. The molecule has 0 aliphatic heterocycles. The van der Waals surface area contributed by atoms with Gasteiger partial charge in [-0.2, -0.15) is 0 Å². The first-order valence-electron chi connectivity index (χ1n) is 4.97. The van der Waals surface area contributed by atoms with Crippen LogP contribution in [-0.4, -0.2) is 11.2 Å². The Labute approximate surface area is 69.8 Å². The zero-order valence-corrected chi connectivity index (χ0v) is 7.71. The lowest BCUT2D eigenvalue weighted by Crippen LogP contribution is -2.32. The summed E-state index contributed by atoms with van der Waals surface area (Å²) in [6, 6.07) is 0. The van der Waals surface area contributed by atoms with E-state index in [0.717, 1.165) is 12.8 Å². The van der Waals surface area contributed by atoms with E-state index in [4.69, 9.17) is 0 Å². The minimum Gasteiger partial charge on any atom is -0.393 e. The van der Waals surface area contributed by atoms with Crippen molar-refractivity contribution in [2.45, 2.75) is 52.1 Å². The maximum absolute atomic E-state index is 9.83. The van der Waals surface area contributed by atoms with Gasteiger partial charge in [0.15, 0.2) is 0 Å². The Hall–Kier alpha value is -0.0400. The second-order valence-corrected chi connectivity index (χ2v) is 3.76. The Balaban J connectivity index is 2.45. The van der Waals surface area contributed by atoms with Crippen LogP contribution in [0, 0.1) is 11.8 Å². The van der Waals surface area contributed by atoms with Gasteiger partial charge in [0.1, 0.15) is 0 Å². The normalized spacial score (nSPS) is 39.0. The summed E-state index contributed by atoms with van der Waals surface area (Å²) in [5, 5.41) is 9.83. The zero-order valence-electron chi connectivity index (χ0n) is 7.71. The van der Waals surface area contributed by atoms with Gasteiger partial charge < -0.3 is 5.11 Å². The average Bonchev–Trinajstić information content (AvgIpc) is 2.05. The molecule has 0 radical (unpaired) electrons. The summed E-state index contributed by atoms with van der Waals surface area (Å²) in [7, 11) is 0. The maximum Gasteiger partial charge on any atom is 0.0596 e. The summed E-state index contributed by atoms with van der Waals surface area (Å²) in [5.41, 5.74) is 0. The standard InChI is InChI=1S/C10H20O/c1-3-8-6-5-7-9(4-2)10(8)11/h8-11H,3-7H2,1-2H3/t8-,9+,10?. The van der Waals surface area contributed by atoms with Gasteiger partial charge in [0.05, 0.1) is 6.10 Å². The third-order valence-electron chi connectivity index (χ3n) is 3.16. The van der Waals surface area contributed by atoms with Crippen LogP contribution in [0.25, 0.3) is 0 Å². The van der Waals surface area contributed by atoms with Gasteiger partial charge in [0, 0.05) is 0 Å². The first-order chi connectivity index (χ1) is 5.29. The molecule has 66 valence electrons. The van der Waals surface area contributed by atoms with Gasteiger partial charge in [-0.3, -0.25) is 0 Å². The lowest BCUT2D eigenvalue weighted by atomic mass is 9.76. The molecule has 3 atom stereocenters. The highest BCUT2D eigenvalue weighted by Crippen LogP contribution is 2.32. The maximum atomic E-state index is 9.83. The largest absolute Gasteiger partial charge is 0.393 e. The second kappa shape index (κ2) is 4.10. The van der Waals surface area contributed by atoms with E-state index in [1.54, 1.807) is 0 Å². The molecule has 0 bridgehead atoms. The quantitative estimate of drug-likeness (QED) is 0.651. The molecule has 1 rings (SSSR count). The molecule has 1 saturated carbocycles. The van der Waals surface area contributed by atoms with Crippen molar-refractivity contribution in [3.8, 4) is 0 Å². The lowest BCUT2D eigenvalue weighted by Gasteiger charge is -2.33. The van der Waals surface area contributed by atoms with Gasteiger partial charge in [-0.05, 0) is 24.7 Å². The molecule has 0 amide bonds. The zero-order chi connectivity index (χ0) is 8.27. The van der Waals surface area contributed by atoms with Crippen LogP contribution in [0.2, 0.25) is 0 Å². The third kappa shape index (κ3) is 1.96. The van der Waals surface area contributed by atoms with Crippen molar-refractivity contribution in [3.05, 3.63) is 0 Å². The van der Waals surface area contributed by atoms with Crippen molar-refractivity contribution in [1.29, 1.82) is 0 Å². The highest BCUT2D eigenvalue weighted by Gasteiger charge is 2.28. The van der Waals surface area contributed by atoms with Crippen LogP contribution in [0.3, 0.4) is 0 Å². The number of aliphatic hydroxyl groups is 1. The summed E-state index contributed by atoms with van der Waals surface area (Å²) in [4.78, 5) is 0. The Morgan fingerprint density at radius 2 is 1.55 bits per heavy atom. The summed E-state index contributed by atoms with van der Waals surface area (Å²) >= 11 is 0. The predicted molar refractivity (Wildman–Crippen MR) is 47.4 cm³/mol. The average molecular weight is 156 g/mol. The summed E-state index contributed by atoms with van der Waals surface area (Å²) in [5.74, 6) is 1.18. The Morgan fingerprint density at radius 3 is 1.91 bits per heavy atom. The minimum atomic E-state index is -0.00116. The topological polar surface area (TPSA) is 20.2 Å². The van der Waals surface area contributed by atoms with Crippen LogP contribution < -0.4 is 0 Å². The predicted octanol–water partition coefficient (Wildman–Crippen LogP) is 2.58. The van der Waals surface area contributed by atoms with E-state index in [-0.39, 0.29) is 6.10 Å². The monoisotopic (exact) mass is 156 g/mol. The van der Waals surface area contributed by atoms with Gasteiger partial charge in [-0.25, -0.2) is 0 Å². The molecule has 0 aromatic carbocycles.